The van der Waals surface area contributed by atoms with E-state index < -0.39 is 0 Å². The second-order valence-electron chi connectivity index (χ2n) is 6.46. The van der Waals surface area contributed by atoms with Gasteiger partial charge in [-0.3, -0.25) is 9.28 Å². The summed E-state index contributed by atoms with van der Waals surface area (Å²) < 4.78 is 0.688. The minimum absolute atomic E-state index is 0. The molecule has 4 heterocycles. The lowest BCUT2D eigenvalue weighted by atomic mass is 10.1. The van der Waals surface area contributed by atoms with Crippen LogP contribution in [0.4, 0.5) is 0 Å². The molecule has 0 unspecified atom stereocenters. The van der Waals surface area contributed by atoms with Gasteiger partial charge in [0, 0.05) is 0 Å². The highest BCUT2D eigenvalue weighted by atomic mass is 35.5. The number of aromatic hydroxyl groups is 2. The van der Waals surface area contributed by atoms with Crippen LogP contribution in [0.15, 0.2) is 18.2 Å². The van der Waals surface area contributed by atoms with Gasteiger partial charge in [0.1, 0.15) is 26.6 Å². The van der Waals surface area contributed by atoms with Crippen LogP contribution in [0.3, 0.4) is 0 Å². The number of phenols is 2. The fraction of sp³-hybridized carbons (Fsp3) is 0.500. The first kappa shape index (κ1) is 15.5. The maximum absolute atomic E-state index is 12.6. The van der Waals surface area contributed by atoms with Gasteiger partial charge in [0.25, 0.3) is 0 Å². The highest BCUT2D eigenvalue weighted by Gasteiger charge is 2.49. The van der Waals surface area contributed by atoms with E-state index in [2.05, 4.69) is 14.7 Å². The van der Waals surface area contributed by atoms with Crippen molar-refractivity contribution in [2.24, 2.45) is 0 Å². The molecule has 4 bridgehead atoms. The molecule has 0 aliphatic carbocycles. The molecule has 0 saturated carbocycles. The first-order valence-corrected chi connectivity index (χ1v) is 7.11. The largest absolute Gasteiger partial charge is 1.00 e. The van der Waals surface area contributed by atoms with E-state index in [1.54, 1.807) is 12.1 Å². The number of halogens is 1. The zero-order valence-electron chi connectivity index (χ0n) is 12.2. The number of rotatable bonds is 3. The van der Waals surface area contributed by atoms with E-state index in [9.17, 15) is 15.0 Å². The third-order valence-corrected chi connectivity index (χ3v) is 4.49. The number of carbonyl (C=O) groups excluding carboxylic acids is 1. The Morgan fingerprint density at radius 3 is 2.14 bits per heavy atom. The summed E-state index contributed by atoms with van der Waals surface area (Å²) in [5.41, 5.74) is 0.212. The van der Waals surface area contributed by atoms with Gasteiger partial charge in [0.05, 0.1) is 25.6 Å². The highest BCUT2D eigenvalue weighted by molar-refractivity contribution is 6.00. The lowest BCUT2D eigenvalue weighted by Crippen LogP contribution is -3.00. The van der Waals surface area contributed by atoms with Crippen LogP contribution in [0.2, 0.25) is 0 Å². The zero-order chi connectivity index (χ0) is 14.6. The Morgan fingerprint density at radius 1 is 1.05 bits per heavy atom. The smallest absolute Gasteiger partial charge is 0.220 e. The van der Waals surface area contributed by atoms with Crippen LogP contribution in [-0.4, -0.2) is 81.7 Å². The number of benzene rings is 1. The monoisotopic (exact) mass is 326 g/mol. The van der Waals surface area contributed by atoms with Crippen molar-refractivity contribution < 1.29 is 31.9 Å². The Kier molecular flexibility index (Phi) is 3.78. The van der Waals surface area contributed by atoms with Gasteiger partial charge in [-0.1, -0.05) is 6.07 Å². The van der Waals surface area contributed by atoms with Crippen molar-refractivity contribution in [3.63, 3.8) is 0 Å². The maximum atomic E-state index is 12.6. The van der Waals surface area contributed by atoms with E-state index in [-0.39, 0.29) is 35.3 Å². The molecule has 22 heavy (non-hydrogen) atoms. The van der Waals surface area contributed by atoms with Crippen LogP contribution in [-0.2, 0) is 0 Å². The number of nitrogens with zero attached hydrogens (tertiary/aromatic N) is 4. The lowest BCUT2D eigenvalue weighted by molar-refractivity contribution is -0.973. The van der Waals surface area contributed by atoms with Gasteiger partial charge in [-0.25, -0.2) is 14.7 Å². The molecule has 5 rings (SSSR count). The third-order valence-electron chi connectivity index (χ3n) is 4.49. The van der Waals surface area contributed by atoms with Crippen molar-refractivity contribution in [2.75, 3.05) is 46.6 Å². The molecule has 1 aromatic carbocycles. The van der Waals surface area contributed by atoms with Gasteiger partial charge in [-0.05, 0) is 12.1 Å². The first-order valence-electron chi connectivity index (χ1n) is 7.11. The topological polar surface area (TPSA) is 67.3 Å². The number of hydrogen-bond acceptors (Lipinski definition) is 6. The third kappa shape index (κ3) is 2.45. The molecule has 0 aromatic heterocycles. The zero-order valence-corrected chi connectivity index (χ0v) is 12.9. The molecule has 8 heteroatoms. The molecule has 0 amide bonds. The molecule has 7 nitrogen and oxygen atoms in total. The summed E-state index contributed by atoms with van der Waals surface area (Å²) in [6.45, 7) is 5.89. The molecule has 4 aliphatic rings. The lowest BCUT2D eigenvalue weighted by Gasteiger charge is -2.60. The maximum Gasteiger partial charge on any atom is 0.220 e. The van der Waals surface area contributed by atoms with Crippen molar-refractivity contribution in [1.29, 1.82) is 0 Å². The van der Waals surface area contributed by atoms with Gasteiger partial charge in [0.2, 0.25) is 5.78 Å². The summed E-state index contributed by atoms with van der Waals surface area (Å²) in [6.07, 6.45) is 0. The van der Waals surface area contributed by atoms with Crippen molar-refractivity contribution in [1.82, 2.24) is 14.7 Å². The molecule has 1 aromatic rings. The van der Waals surface area contributed by atoms with Crippen LogP contribution >= 0.6 is 0 Å². The Bertz CT molecular complexity index is 574. The SMILES string of the molecule is O=C(C[N+]12CN3CN(CN(C3)C1)C2)c1cccc(O)c1O.[Cl-]. The van der Waals surface area contributed by atoms with Crippen molar-refractivity contribution in [3.8, 4) is 11.5 Å². The number of hydrogen-bond donors (Lipinski definition) is 2. The van der Waals surface area contributed by atoms with Gasteiger partial charge in [0.15, 0.2) is 11.5 Å². The predicted octanol–water partition coefficient (Wildman–Crippen LogP) is -3.21. The molecular formula is C14H19ClN4O3. The van der Waals surface area contributed by atoms with Gasteiger partial charge in [-0.15, -0.1) is 0 Å². The van der Waals surface area contributed by atoms with Crippen LogP contribution in [0.5, 0.6) is 11.5 Å². The Morgan fingerprint density at radius 2 is 1.59 bits per heavy atom. The van der Waals surface area contributed by atoms with Crippen molar-refractivity contribution in [2.45, 2.75) is 0 Å². The minimum atomic E-state index is -0.308. The van der Waals surface area contributed by atoms with Crippen molar-refractivity contribution in [3.05, 3.63) is 23.8 Å². The number of Topliss-reactive ketones (excluding diaryl/α,β-unsaturated/α-hetero) is 1. The van der Waals surface area contributed by atoms with Crippen LogP contribution in [0.25, 0.3) is 0 Å². The predicted molar refractivity (Wildman–Crippen MR) is 73.9 cm³/mol. The Labute approximate surface area is 134 Å². The van der Waals surface area contributed by atoms with Crippen LogP contribution < -0.4 is 12.4 Å². The van der Waals surface area contributed by atoms with E-state index in [0.717, 1.165) is 40.0 Å². The van der Waals surface area contributed by atoms with E-state index >= 15 is 0 Å². The molecule has 0 atom stereocenters. The summed E-state index contributed by atoms with van der Waals surface area (Å²) in [4.78, 5) is 19.6. The molecule has 2 N–H and O–H groups in total. The molecule has 0 spiro atoms. The summed E-state index contributed by atoms with van der Waals surface area (Å²) in [5.74, 6) is -0.665. The summed E-state index contributed by atoms with van der Waals surface area (Å²) >= 11 is 0. The van der Waals surface area contributed by atoms with E-state index in [4.69, 9.17) is 0 Å². The number of ketones is 1. The average molecular weight is 327 g/mol. The van der Waals surface area contributed by atoms with Gasteiger partial charge < -0.3 is 22.6 Å². The number of phenolic OH excluding ortho intramolecular Hbond substituents is 2. The molecule has 4 aliphatic heterocycles. The van der Waals surface area contributed by atoms with E-state index in [1.807, 2.05) is 0 Å². The molecule has 120 valence electrons. The molecule has 0 radical (unpaired) electrons. The Balaban J connectivity index is 0.00000144. The second-order valence-corrected chi connectivity index (χ2v) is 6.46. The number of quaternary nitrogens is 1. The van der Waals surface area contributed by atoms with Crippen LogP contribution in [0.1, 0.15) is 10.4 Å². The first-order chi connectivity index (χ1) is 10.0. The number of carbonyl (C=O) groups is 1. The van der Waals surface area contributed by atoms with E-state index in [1.165, 1.54) is 6.07 Å². The fourth-order valence-electron chi connectivity index (χ4n) is 3.95. The molecular weight excluding hydrogens is 308 g/mol. The summed E-state index contributed by atoms with van der Waals surface area (Å²) in [5, 5.41) is 19.4. The normalized spacial score (nSPS) is 35.2. The standard InChI is InChI=1S/C14H18N4O3.ClH/c19-12-3-1-2-11(14(12)21)13(20)4-18-8-15-5-16(9-18)7-17(6-15)10-18;/h1-3H,4-10H2,(H-,19,20,21);1H. The van der Waals surface area contributed by atoms with Gasteiger partial charge in [-0.2, -0.15) is 0 Å². The Hall–Kier alpha value is -1.38. The van der Waals surface area contributed by atoms with Crippen LogP contribution in [0, 0.1) is 0 Å². The highest BCUT2D eigenvalue weighted by Crippen LogP contribution is 2.32. The van der Waals surface area contributed by atoms with E-state index in [0.29, 0.717) is 11.0 Å². The number of para-hydroxylation sites is 1. The second kappa shape index (κ2) is 5.36. The summed E-state index contributed by atoms with van der Waals surface area (Å²) in [6, 6.07) is 4.54. The summed E-state index contributed by atoms with van der Waals surface area (Å²) in [7, 11) is 0. The molecule has 4 fully saturated rings. The quantitative estimate of drug-likeness (QED) is 0.346. The molecule has 4 saturated heterocycles. The minimum Gasteiger partial charge on any atom is -1.00 e. The average Bonchev–Trinajstić information content (AvgIpc) is 2.39. The van der Waals surface area contributed by atoms with Gasteiger partial charge >= 0.3 is 0 Å². The fourth-order valence-corrected chi connectivity index (χ4v) is 3.95. The van der Waals surface area contributed by atoms with Crippen molar-refractivity contribution >= 4 is 5.78 Å².